The van der Waals surface area contributed by atoms with E-state index in [4.69, 9.17) is 14.2 Å². The number of ether oxygens (including phenoxy) is 3. The monoisotopic (exact) mass is 496 g/mol. The number of methoxy groups -OCH3 is 1. The highest BCUT2D eigenvalue weighted by Crippen LogP contribution is 2.32. The van der Waals surface area contributed by atoms with Crippen molar-refractivity contribution >= 4 is 29.2 Å². The first-order valence-corrected chi connectivity index (χ1v) is 12.0. The predicted molar refractivity (Wildman–Crippen MR) is 134 cm³/mol. The quantitative estimate of drug-likeness (QED) is 0.508. The molecule has 10 nitrogen and oxygen atoms in total. The van der Waals surface area contributed by atoms with Crippen molar-refractivity contribution in [3.8, 4) is 5.75 Å². The number of rotatable bonds is 7. The Balaban J connectivity index is 1.40. The van der Waals surface area contributed by atoms with Crippen molar-refractivity contribution in [1.29, 1.82) is 0 Å². The number of likely N-dealkylation sites (N-methyl/N-ethyl adjacent to an activating group) is 1. The Kier molecular flexibility index (Phi) is 8.40. The molecule has 4 rings (SSSR count). The van der Waals surface area contributed by atoms with Crippen LogP contribution >= 0.6 is 0 Å². The van der Waals surface area contributed by atoms with Crippen LogP contribution in [0.2, 0.25) is 0 Å². The molecule has 2 aliphatic rings. The number of hydrogen-bond donors (Lipinski definition) is 3. The molecule has 0 bridgehead atoms. The summed E-state index contributed by atoms with van der Waals surface area (Å²) in [5.41, 5.74) is 1.51. The van der Waals surface area contributed by atoms with Gasteiger partial charge in [-0.15, -0.1) is 0 Å². The first-order chi connectivity index (χ1) is 17.4. The zero-order chi connectivity index (χ0) is 25.5. The molecule has 2 aromatic rings. The second kappa shape index (κ2) is 11.9. The third-order valence-corrected chi connectivity index (χ3v) is 6.34. The molecule has 0 radical (unpaired) electrons. The van der Waals surface area contributed by atoms with Gasteiger partial charge in [-0.25, -0.2) is 4.79 Å². The highest BCUT2D eigenvalue weighted by atomic mass is 16.5. The third-order valence-electron chi connectivity index (χ3n) is 6.34. The van der Waals surface area contributed by atoms with Gasteiger partial charge in [-0.1, -0.05) is 18.2 Å². The molecular weight excluding hydrogens is 464 g/mol. The van der Waals surface area contributed by atoms with Gasteiger partial charge in [0.05, 0.1) is 30.7 Å². The minimum atomic E-state index is -0.410. The molecule has 0 aliphatic carbocycles. The van der Waals surface area contributed by atoms with E-state index in [0.717, 1.165) is 0 Å². The van der Waals surface area contributed by atoms with Crippen molar-refractivity contribution in [2.24, 2.45) is 0 Å². The fraction of sp³-hybridized carbons (Fsp3) is 0.423. The second-order valence-electron chi connectivity index (χ2n) is 8.87. The third kappa shape index (κ3) is 6.32. The lowest BCUT2D eigenvalue weighted by Gasteiger charge is -2.42. The summed E-state index contributed by atoms with van der Waals surface area (Å²) < 4.78 is 17.1. The number of nitrogens with one attached hydrogen (secondary N) is 3. The second-order valence-corrected chi connectivity index (χ2v) is 8.87. The van der Waals surface area contributed by atoms with Gasteiger partial charge in [0.15, 0.2) is 0 Å². The van der Waals surface area contributed by atoms with Gasteiger partial charge < -0.3 is 35.1 Å². The van der Waals surface area contributed by atoms with E-state index in [0.29, 0.717) is 48.7 Å². The zero-order valence-electron chi connectivity index (χ0n) is 20.5. The van der Waals surface area contributed by atoms with Gasteiger partial charge in [0, 0.05) is 32.1 Å². The highest BCUT2D eigenvalue weighted by molar-refractivity contribution is 6.02. The van der Waals surface area contributed by atoms with Crippen molar-refractivity contribution in [1.82, 2.24) is 10.2 Å². The Morgan fingerprint density at radius 2 is 1.86 bits per heavy atom. The Hall–Kier alpha value is -3.63. The van der Waals surface area contributed by atoms with Crippen LogP contribution < -0.4 is 20.7 Å². The zero-order valence-corrected chi connectivity index (χ0v) is 20.5. The molecule has 1 fully saturated rings. The number of hydrogen-bond acceptors (Lipinski definition) is 6. The topological polar surface area (TPSA) is 118 Å². The lowest BCUT2D eigenvalue weighted by atomic mass is 9.94. The number of para-hydroxylation sites is 1. The Bertz CT molecular complexity index is 1080. The number of benzene rings is 2. The van der Waals surface area contributed by atoms with E-state index in [1.54, 1.807) is 49.4 Å². The van der Waals surface area contributed by atoms with Crippen LogP contribution in [0.5, 0.6) is 5.75 Å². The van der Waals surface area contributed by atoms with Gasteiger partial charge in [0.1, 0.15) is 18.5 Å². The molecule has 2 aliphatic heterocycles. The maximum Gasteiger partial charge on any atom is 0.323 e. The summed E-state index contributed by atoms with van der Waals surface area (Å²) in [4.78, 5) is 39.6. The minimum Gasteiger partial charge on any atom is -0.490 e. The van der Waals surface area contributed by atoms with Crippen LogP contribution in [0.1, 0.15) is 29.6 Å². The van der Waals surface area contributed by atoms with Crippen LogP contribution in [0.4, 0.5) is 16.2 Å². The van der Waals surface area contributed by atoms with E-state index >= 15 is 0 Å². The van der Waals surface area contributed by atoms with Crippen molar-refractivity contribution < 1.29 is 28.6 Å². The Morgan fingerprint density at radius 3 is 2.64 bits per heavy atom. The maximum atomic E-state index is 13.4. The van der Waals surface area contributed by atoms with E-state index in [1.807, 2.05) is 18.2 Å². The van der Waals surface area contributed by atoms with Crippen LogP contribution in [-0.2, 0) is 14.3 Å². The van der Waals surface area contributed by atoms with Gasteiger partial charge >= 0.3 is 6.03 Å². The number of fused-ring (bicyclic) bond motifs is 2. The van der Waals surface area contributed by atoms with Crippen LogP contribution in [0.25, 0.3) is 0 Å². The molecule has 1 saturated heterocycles. The van der Waals surface area contributed by atoms with Crippen molar-refractivity contribution in [3.63, 3.8) is 0 Å². The van der Waals surface area contributed by atoms with Crippen LogP contribution in [0.15, 0.2) is 48.5 Å². The smallest absolute Gasteiger partial charge is 0.323 e. The molecule has 36 heavy (non-hydrogen) atoms. The number of carbonyl (C=O) groups is 3. The Morgan fingerprint density at radius 1 is 1.08 bits per heavy atom. The summed E-state index contributed by atoms with van der Waals surface area (Å²) in [5.74, 6) is 0.113. The van der Waals surface area contributed by atoms with Gasteiger partial charge in [0.25, 0.3) is 5.91 Å². The molecule has 192 valence electrons. The summed E-state index contributed by atoms with van der Waals surface area (Å²) in [6, 6.07) is 13.5. The van der Waals surface area contributed by atoms with E-state index in [1.165, 1.54) is 0 Å². The molecule has 10 heteroatoms. The number of anilines is 2. The van der Waals surface area contributed by atoms with E-state index in [-0.39, 0.29) is 43.1 Å². The maximum absolute atomic E-state index is 13.4. The highest BCUT2D eigenvalue weighted by Gasteiger charge is 2.39. The average Bonchev–Trinajstić information content (AvgIpc) is 2.87. The number of carbonyl (C=O) groups excluding carboxylic acids is 3. The lowest BCUT2D eigenvalue weighted by Crippen LogP contribution is -2.54. The summed E-state index contributed by atoms with van der Waals surface area (Å²) in [5, 5.41) is 8.33. The summed E-state index contributed by atoms with van der Waals surface area (Å²) in [6.07, 6.45) is 1.01. The first-order valence-electron chi connectivity index (χ1n) is 12.0. The fourth-order valence-electron chi connectivity index (χ4n) is 4.49. The number of nitrogens with zero attached hydrogens (tertiary/aromatic N) is 1. The van der Waals surface area contributed by atoms with E-state index in [9.17, 15) is 14.4 Å². The molecule has 3 atom stereocenters. The first kappa shape index (κ1) is 25.5. The standard InChI is InChI=1S/C26H32N4O6/c1-30-21-10-9-19(15-24(31)27-12-13-34-2)36-23(21)16-35-22-11-8-18(14-20(22)25(30)32)29-26(33)28-17-6-4-3-5-7-17/h3-8,11,14,19,21,23H,9-10,12-13,15-16H2,1-2H3,(H,27,31)(H2,28,29,33)/t19-,21-,23+/m0/s1. The predicted octanol–water partition coefficient (Wildman–Crippen LogP) is 2.86. The van der Waals surface area contributed by atoms with Crippen LogP contribution in [0.3, 0.4) is 0 Å². The molecular formula is C26H32N4O6. The summed E-state index contributed by atoms with van der Waals surface area (Å²) >= 11 is 0. The largest absolute Gasteiger partial charge is 0.490 e. The van der Waals surface area contributed by atoms with Gasteiger partial charge in [-0.2, -0.15) is 0 Å². The molecule has 2 aromatic carbocycles. The van der Waals surface area contributed by atoms with Gasteiger partial charge in [-0.05, 0) is 43.2 Å². The summed E-state index contributed by atoms with van der Waals surface area (Å²) in [7, 11) is 3.33. The SMILES string of the molecule is COCCNC(=O)C[C@@H]1CC[C@H]2[C@@H](COc3ccc(NC(=O)Nc4ccccc4)cc3C(=O)N2C)O1. The normalized spacial score (nSPS) is 21.2. The van der Waals surface area contributed by atoms with E-state index < -0.39 is 6.03 Å². The number of urea groups is 1. The molecule has 3 N–H and O–H groups in total. The van der Waals surface area contributed by atoms with Crippen LogP contribution in [-0.4, -0.2) is 74.9 Å². The van der Waals surface area contributed by atoms with Gasteiger partial charge in [0.2, 0.25) is 5.91 Å². The van der Waals surface area contributed by atoms with Gasteiger partial charge in [-0.3, -0.25) is 9.59 Å². The Labute approximate surface area is 210 Å². The molecule has 0 spiro atoms. The molecule has 2 heterocycles. The molecule has 0 saturated carbocycles. The minimum absolute atomic E-state index is 0.0895. The van der Waals surface area contributed by atoms with Crippen molar-refractivity contribution in [2.75, 3.05) is 44.5 Å². The van der Waals surface area contributed by atoms with Crippen LogP contribution in [0, 0.1) is 0 Å². The fourth-order valence-corrected chi connectivity index (χ4v) is 4.49. The number of amides is 4. The lowest BCUT2D eigenvalue weighted by molar-refractivity contribution is -0.134. The average molecular weight is 497 g/mol. The van der Waals surface area contributed by atoms with Crippen molar-refractivity contribution in [2.45, 2.75) is 37.5 Å². The summed E-state index contributed by atoms with van der Waals surface area (Å²) in [6.45, 7) is 1.16. The van der Waals surface area contributed by atoms with E-state index in [2.05, 4.69) is 16.0 Å². The molecule has 4 amide bonds. The molecule has 0 unspecified atom stereocenters. The van der Waals surface area contributed by atoms with Crippen molar-refractivity contribution in [3.05, 3.63) is 54.1 Å². The molecule has 0 aromatic heterocycles.